The predicted octanol–water partition coefficient (Wildman–Crippen LogP) is 2.29. The fourth-order valence-electron chi connectivity index (χ4n) is 1.41. The Morgan fingerprint density at radius 3 is 2.79 bits per heavy atom. The Balaban J connectivity index is 2.50. The Labute approximate surface area is 83.2 Å². The molecule has 0 aliphatic heterocycles. The maximum absolute atomic E-state index is 4.43. The second-order valence-electron chi connectivity index (χ2n) is 3.47. The molecule has 0 saturated heterocycles. The summed E-state index contributed by atoms with van der Waals surface area (Å²) >= 11 is 0. The van der Waals surface area contributed by atoms with Gasteiger partial charge in [0.15, 0.2) is 5.82 Å². The van der Waals surface area contributed by atoms with E-state index in [1.54, 1.807) is 0 Å². The van der Waals surface area contributed by atoms with Crippen molar-refractivity contribution < 1.29 is 0 Å². The number of hydrogen-bond acceptors (Lipinski definition) is 3. The summed E-state index contributed by atoms with van der Waals surface area (Å²) in [7, 11) is 0. The molecular weight excluding hydrogens is 174 g/mol. The Morgan fingerprint density at radius 1 is 1.14 bits per heavy atom. The summed E-state index contributed by atoms with van der Waals surface area (Å²) in [4.78, 5) is 4.43. The SMILES string of the molecule is CCCc1nnc2cc(C)ccc2n1. The number of aryl methyl sites for hydroxylation is 2. The fourth-order valence-corrected chi connectivity index (χ4v) is 1.41. The number of rotatable bonds is 2. The first kappa shape index (κ1) is 9.06. The lowest BCUT2D eigenvalue weighted by molar-refractivity contribution is 0.806. The van der Waals surface area contributed by atoms with E-state index in [0.717, 1.165) is 29.7 Å². The molecule has 1 aromatic carbocycles. The molecule has 0 aliphatic carbocycles. The lowest BCUT2D eigenvalue weighted by atomic mass is 10.2. The largest absolute Gasteiger partial charge is 0.229 e. The van der Waals surface area contributed by atoms with Crippen molar-refractivity contribution in [2.45, 2.75) is 26.7 Å². The molecule has 0 bridgehead atoms. The molecule has 2 rings (SSSR count). The predicted molar refractivity (Wildman–Crippen MR) is 56.1 cm³/mol. The maximum atomic E-state index is 4.43. The van der Waals surface area contributed by atoms with E-state index in [1.807, 2.05) is 25.1 Å². The zero-order valence-corrected chi connectivity index (χ0v) is 8.49. The van der Waals surface area contributed by atoms with E-state index < -0.39 is 0 Å². The van der Waals surface area contributed by atoms with Crippen LogP contribution in [0.4, 0.5) is 0 Å². The van der Waals surface area contributed by atoms with E-state index in [0.29, 0.717) is 0 Å². The first-order valence-electron chi connectivity index (χ1n) is 4.89. The highest BCUT2D eigenvalue weighted by Gasteiger charge is 2.00. The van der Waals surface area contributed by atoms with Gasteiger partial charge in [-0.2, -0.15) is 0 Å². The molecule has 3 heteroatoms. The third kappa shape index (κ3) is 1.71. The molecule has 1 aromatic heterocycles. The van der Waals surface area contributed by atoms with Gasteiger partial charge < -0.3 is 0 Å². The average Bonchev–Trinajstić information content (AvgIpc) is 2.19. The summed E-state index contributed by atoms with van der Waals surface area (Å²) in [5.41, 5.74) is 3.01. The van der Waals surface area contributed by atoms with E-state index in [2.05, 4.69) is 22.1 Å². The summed E-state index contributed by atoms with van der Waals surface area (Å²) in [6, 6.07) is 6.05. The third-order valence-corrected chi connectivity index (χ3v) is 2.13. The van der Waals surface area contributed by atoms with Crippen molar-refractivity contribution in [1.29, 1.82) is 0 Å². The third-order valence-electron chi connectivity index (χ3n) is 2.13. The highest BCUT2D eigenvalue weighted by Crippen LogP contribution is 2.10. The van der Waals surface area contributed by atoms with Crippen molar-refractivity contribution in [3.05, 3.63) is 29.6 Å². The molecule has 0 fully saturated rings. The summed E-state index contributed by atoms with van der Waals surface area (Å²) in [6.07, 6.45) is 1.95. The number of fused-ring (bicyclic) bond motifs is 1. The van der Waals surface area contributed by atoms with Crippen LogP contribution in [0, 0.1) is 6.92 Å². The van der Waals surface area contributed by atoms with Gasteiger partial charge in [-0.15, -0.1) is 10.2 Å². The molecule has 0 saturated carbocycles. The van der Waals surface area contributed by atoms with Crippen molar-refractivity contribution in [3.8, 4) is 0 Å². The smallest absolute Gasteiger partial charge is 0.151 e. The number of benzene rings is 1. The molecule has 2 aromatic rings. The van der Waals surface area contributed by atoms with Gasteiger partial charge >= 0.3 is 0 Å². The van der Waals surface area contributed by atoms with Gasteiger partial charge in [0.2, 0.25) is 0 Å². The average molecular weight is 187 g/mol. The highest BCUT2D eigenvalue weighted by atomic mass is 15.1. The molecule has 72 valence electrons. The second-order valence-corrected chi connectivity index (χ2v) is 3.47. The lowest BCUT2D eigenvalue weighted by Crippen LogP contribution is -1.97. The van der Waals surface area contributed by atoms with Gasteiger partial charge in [0, 0.05) is 6.42 Å². The quantitative estimate of drug-likeness (QED) is 0.724. The molecule has 0 amide bonds. The molecule has 1 heterocycles. The lowest BCUT2D eigenvalue weighted by Gasteiger charge is -1.99. The highest BCUT2D eigenvalue weighted by molar-refractivity contribution is 5.74. The molecule has 0 atom stereocenters. The van der Waals surface area contributed by atoms with Crippen LogP contribution in [0.5, 0.6) is 0 Å². The van der Waals surface area contributed by atoms with Gasteiger partial charge in [0.1, 0.15) is 5.52 Å². The minimum atomic E-state index is 0.837. The molecule has 0 spiro atoms. The van der Waals surface area contributed by atoms with Crippen molar-refractivity contribution in [2.24, 2.45) is 0 Å². The van der Waals surface area contributed by atoms with Crippen molar-refractivity contribution in [1.82, 2.24) is 15.2 Å². The van der Waals surface area contributed by atoms with E-state index in [4.69, 9.17) is 0 Å². The van der Waals surface area contributed by atoms with Crippen LogP contribution in [0.2, 0.25) is 0 Å². The van der Waals surface area contributed by atoms with E-state index in [-0.39, 0.29) is 0 Å². The summed E-state index contributed by atoms with van der Waals surface area (Å²) in [6.45, 7) is 4.16. The number of hydrogen-bond donors (Lipinski definition) is 0. The first-order valence-corrected chi connectivity index (χ1v) is 4.89. The fraction of sp³-hybridized carbons (Fsp3) is 0.364. The summed E-state index contributed by atoms with van der Waals surface area (Å²) in [5.74, 6) is 0.837. The first-order chi connectivity index (χ1) is 6.79. The second kappa shape index (κ2) is 3.70. The number of aromatic nitrogens is 3. The molecule has 0 unspecified atom stereocenters. The molecular formula is C11H13N3. The zero-order chi connectivity index (χ0) is 9.97. The molecule has 3 nitrogen and oxygen atoms in total. The monoisotopic (exact) mass is 187 g/mol. The van der Waals surface area contributed by atoms with Gasteiger partial charge in [-0.05, 0) is 31.0 Å². The van der Waals surface area contributed by atoms with Gasteiger partial charge in [-0.1, -0.05) is 13.0 Å². The van der Waals surface area contributed by atoms with Crippen LogP contribution in [0.3, 0.4) is 0 Å². The van der Waals surface area contributed by atoms with Crippen LogP contribution in [-0.2, 0) is 6.42 Å². The van der Waals surface area contributed by atoms with E-state index in [9.17, 15) is 0 Å². The van der Waals surface area contributed by atoms with Crippen LogP contribution in [0.15, 0.2) is 18.2 Å². The van der Waals surface area contributed by atoms with Crippen molar-refractivity contribution in [2.75, 3.05) is 0 Å². The molecule has 0 radical (unpaired) electrons. The van der Waals surface area contributed by atoms with E-state index in [1.165, 1.54) is 5.56 Å². The van der Waals surface area contributed by atoms with Crippen molar-refractivity contribution >= 4 is 11.0 Å². The molecule has 0 N–H and O–H groups in total. The van der Waals surface area contributed by atoms with Gasteiger partial charge in [0.05, 0.1) is 5.52 Å². The minimum absolute atomic E-state index is 0.837. The van der Waals surface area contributed by atoms with Crippen LogP contribution in [0.25, 0.3) is 11.0 Å². The minimum Gasteiger partial charge on any atom is -0.229 e. The van der Waals surface area contributed by atoms with Crippen molar-refractivity contribution in [3.63, 3.8) is 0 Å². The van der Waals surface area contributed by atoms with Gasteiger partial charge in [-0.25, -0.2) is 4.98 Å². The Bertz CT molecular complexity index is 451. The Kier molecular flexibility index (Phi) is 2.39. The zero-order valence-electron chi connectivity index (χ0n) is 8.49. The Morgan fingerprint density at radius 2 is 2.00 bits per heavy atom. The standard InChI is InChI=1S/C11H13N3/c1-3-4-11-12-9-6-5-8(2)7-10(9)13-14-11/h5-7H,3-4H2,1-2H3. The van der Waals surface area contributed by atoms with E-state index >= 15 is 0 Å². The maximum Gasteiger partial charge on any atom is 0.151 e. The van der Waals surface area contributed by atoms with Gasteiger partial charge in [-0.3, -0.25) is 0 Å². The summed E-state index contributed by atoms with van der Waals surface area (Å²) < 4.78 is 0. The van der Waals surface area contributed by atoms with Gasteiger partial charge in [0.25, 0.3) is 0 Å². The Hall–Kier alpha value is -1.51. The van der Waals surface area contributed by atoms with Crippen LogP contribution in [-0.4, -0.2) is 15.2 Å². The molecule has 14 heavy (non-hydrogen) atoms. The van der Waals surface area contributed by atoms with Crippen LogP contribution >= 0.6 is 0 Å². The normalized spacial score (nSPS) is 10.7. The number of nitrogens with zero attached hydrogens (tertiary/aromatic N) is 3. The van der Waals surface area contributed by atoms with Crippen LogP contribution in [0.1, 0.15) is 24.7 Å². The topological polar surface area (TPSA) is 38.7 Å². The van der Waals surface area contributed by atoms with Crippen LogP contribution < -0.4 is 0 Å². The summed E-state index contributed by atoms with van der Waals surface area (Å²) in [5, 5.41) is 8.22. The molecule has 0 aliphatic rings.